The number of ether oxygens (including phenoxy) is 1. The highest BCUT2D eigenvalue weighted by Gasteiger charge is 2.28. The van der Waals surface area contributed by atoms with Gasteiger partial charge in [0, 0.05) is 12.1 Å². The highest BCUT2D eigenvalue weighted by molar-refractivity contribution is 7.93. The number of amides is 1. The molecule has 0 radical (unpaired) electrons. The van der Waals surface area contributed by atoms with E-state index in [1.54, 1.807) is 0 Å². The molecule has 0 spiro atoms. The van der Waals surface area contributed by atoms with Gasteiger partial charge < -0.3 is 10.1 Å². The molecule has 2 rings (SSSR count). The van der Waals surface area contributed by atoms with Gasteiger partial charge in [-0.1, -0.05) is 23.2 Å². The average Bonchev–Trinajstić information content (AvgIpc) is 2.70. The highest BCUT2D eigenvalue weighted by Crippen LogP contribution is 2.29. The first-order chi connectivity index (χ1) is 14.3. The van der Waals surface area contributed by atoms with Gasteiger partial charge in [0.25, 0.3) is 15.9 Å². The van der Waals surface area contributed by atoms with Gasteiger partial charge >= 0.3 is 12.1 Å². The van der Waals surface area contributed by atoms with Gasteiger partial charge in [0.15, 0.2) is 6.61 Å². The molecule has 0 aromatic heterocycles. The molecular formula is C18H15Cl2F3N2O5S. The van der Waals surface area contributed by atoms with E-state index in [1.165, 1.54) is 36.6 Å². The number of anilines is 1. The van der Waals surface area contributed by atoms with Crippen LogP contribution >= 0.6 is 23.2 Å². The van der Waals surface area contributed by atoms with Crippen LogP contribution in [0.2, 0.25) is 10.0 Å². The van der Waals surface area contributed by atoms with Gasteiger partial charge in [-0.15, -0.1) is 0 Å². The summed E-state index contributed by atoms with van der Waals surface area (Å²) in [5.41, 5.74) is 0.00545. The fraction of sp³-hybridized carbons (Fsp3) is 0.222. The lowest BCUT2D eigenvalue weighted by molar-refractivity contribution is -0.140. The number of halogens is 5. The Hall–Kier alpha value is -2.50. The minimum atomic E-state index is -4.62. The average molecular weight is 499 g/mol. The van der Waals surface area contributed by atoms with Crippen molar-refractivity contribution in [3.8, 4) is 0 Å². The maximum atomic E-state index is 12.9. The van der Waals surface area contributed by atoms with Gasteiger partial charge in [-0.25, -0.2) is 13.2 Å². The van der Waals surface area contributed by atoms with Crippen LogP contribution in [0.15, 0.2) is 47.4 Å². The molecule has 0 saturated carbocycles. The summed E-state index contributed by atoms with van der Waals surface area (Å²) in [5.74, 6) is -2.29. The van der Waals surface area contributed by atoms with Crippen molar-refractivity contribution in [3.05, 3.63) is 58.1 Å². The van der Waals surface area contributed by atoms with E-state index < -0.39 is 46.1 Å². The molecule has 0 atom stereocenters. The first kappa shape index (κ1) is 24.8. The lowest BCUT2D eigenvalue weighted by atomic mass is 10.2. The number of sulfonamides is 1. The van der Waals surface area contributed by atoms with Crippen LogP contribution in [-0.2, 0) is 19.6 Å². The van der Waals surface area contributed by atoms with Crippen LogP contribution in [-0.4, -0.2) is 46.7 Å². The van der Waals surface area contributed by atoms with Crippen LogP contribution in [0.25, 0.3) is 0 Å². The maximum Gasteiger partial charge on any atom is 0.405 e. The molecule has 31 heavy (non-hydrogen) atoms. The monoisotopic (exact) mass is 498 g/mol. The number of carbonyl (C=O) groups excluding carboxylic acids is 2. The van der Waals surface area contributed by atoms with Gasteiger partial charge in [0.2, 0.25) is 0 Å². The summed E-state index contributed by atoms with van der Waals surface area (Å²) < 4.78 is 67.7. The highest BCUT2D eigenvalue weighted by atomic mass is 35.5. The summed E-state index contributed by atoms with van der Waals surface area (Å²) in [6, 6.07) is 9.14. The molecule has 0 fully saturated rings. The van der Waals surface area contributed by atoms with Crippen molar-refractivity contribution in [2.24, 2.45) is 0 Å². The standard InChI is InChI=1S/C18H15Cl2F3N2O5S/c1-25(13-5-3-12(19)4-6-13)31(28,29)15-8-11(2-7-14(15)20)17(27)30-9-16(26)24-10-18(21,22)23/h2-8H,9-10H2,1H3,(H,24,26). The van der Waals surface area contributed by atoms with Gasteiger partial charge in [-0.3, -0.25) is 9.10 Å². The van der Waals surface area contributed by atoms with Crippen LogP contribution in [0.4, 0.5) is 18.9 Å². The maximum absolute atomic E-state index is 12.9. The Morgan fingerprint density at radius 1 is 1.10 bits per heavy atom. The van der Waals surface area contributed by atoms with Crippen LogP contribution in [0.3, 0.4) is 0 Å². The predicted molar refractivity (Wildman–Crippen MR) is 108 cm³/mol. The van der Waals surface area contributed by atoms with E-state index in [0.29, 0.717) is 5.02 Å². The summed E-state index contributed by atoms with van der Waals surface area (Å²) in [5, 5.41) is 1.76. The largest absolute Gasteiger partial charge is 0.452 e. The zero-order chi connectivity index (χ0) is 23.4. The Morgan fingerprint density at radius 2 is 1.71 bits per heavy atom. The number of alkyl halides is 3. The minimum absolute atomic E-state index is 0.180. The number of carbonyl (C=O) groups is 2. The molecule has 0 aliphatic rings. The van der Waals surface area contributed by atoms with Crippen LogP contribution in [0.1, 0.15) is 10.4 Å². The van der Waals surface area contributed by atoms with E-state index >= 15 is 0 Å². The topological polar surface area (TPSA) is 92.8 Å². The molecule has 0 bridgehead atoms. The quantitative estimate of drug-likeness (QED) is 0.588. The second-order valence-electron chi connectivity index (χ2n) is 6.06. The van der Waals surface area contributed by atoms with Crippen molar-refractivity contribution in [2.45, 2.75) is 11.1 Å². The second-order valence-corrected chi connectivity index (χ2v) is 8.84. The van der Waals surface area contributed by atoms with Crippen molar-refractivity contribution < 1.29 is 35.9 Å². The predicted octanol–water partition coefficient (Wildman–Crippen LogP) is 3.65. The lowest BCUT2D eigenvalue weighted by Gasteiger charge is -2.20. The van der Waals surface area contributed by atoms with Crippen molar-refractivity contribution in [1.82, 2.24) is 5.32 Å². The summed E-state index contributed by atoms with van der Waals surface area (Å²) in [4.78, 5) is 23.1. The first-order valence-electron chi connectivity index (χ1n) is 8.36. The van der Waals surface area contributed by atoms with Crippen molar-refractivity contribution in [2.75, 3.05) is 24.5 Å². The molecule has 0 aliphatic heterocycles. The number of hydrogen-bond acceptors (Lipinski definition) is 5. The van der Waals surface area contributed by atoms with Crippen molar-refractivity contribution in [1.29, 1.82) is 0 Å². The lowest BCUT2D eigenvalue weighted by Crippen LogP contribution is -2.36. The smallest absolute Gasteiger partial charge is 0.405 e. The van der Waals surface area contributed by atoms with Gasteiger partial charge in [-0.05, 0) is 42.5 Å². The van der Waals surface area contributed by atoms with Crippen molar-refractivity contribution in [3.63, 3.8) is 0 Å². The third-order valence-electron chi connectivity index (χ3n) is 3.82. The molecule has 168 valence electrons. The van der Waals surface area contributed by atoms with E-state index in [9.17, 15) is 31.2 Å². The second kappa shape index (κ2) is 9.75. The molecule has 2 aromatic rings. The van der Waals surface area contributed by atoms with Crippen LogP contribution in [0.5, 0.6) is 0 Å². The molecule has 13 heteroatoms. The third-order valence-corrected chi connectivity index (χ3v) is 6.34. The number of benzene rings is 2. The minimum Gasteiger partial charge on any atom is -0.452 e. The molecule has 0 aliphatic carbocycles. The Kier molecular flexibility index (Phi) is 7.79. The van der Waals surface area contributed by atoms with Crippen LogP contribution < -0.4 is 9.62 Å². The van der Waals surface area contributed by atoms with E-state index in [-0.39, 0.29) is 16.3 Å². The van der Waals surface area contributed by atoms with E-state index in [4.69, 9.17) is 23.2 Å². The Balaban J connectivity index is 2.18. The number of nitrogens with zero attached hydrogens (tertiary/aromatic N) is 1. The van der Waals surface area contributed by atoms with E-state index in [2.05, 4.69) is 4.74 Å². The summed E-state index contributed by atoms with van der Waals surface area (Å²) in [7, 11) is -2.93. The summed E-state index contributed by atoms with van der Waals surface area (Å²) in [6.07, 6.45) is -4.62. The Bertz CT molecular complexity index is 1080. The zero-order valence-corrected chi connectivity index (χ0v) is 18.1. The zero-order valence-electron chi connectivity index (χ0n) is 15.7. The normalized spacial score (nSPS) is 11.7. The molecule has 7 nitrogen and oxygen atoms in total. The number of rotatable bonds is 7. The number of hydrogen-bond donors (Lipinski definition) is 1. The third kappa shape index (κ3) is 6.74. The Labute approximate surface area is 185 Å². The molecular weight excluding hydrogens is 484 g/mol. The molecule has 0 unspecified atom stereocenters. The molecule has 0 saturated heterocycles. The van der Waals surface area contributed by atoms with Crippen LogP contribution in [0, 0.1) is 0 Å². The summed E-state index contributed by atoms with van der Waals surface area (Å²) >= 11 is 11.8. The fourth-order valence-corrected chi connectivity index (χ4v) is 4.05. The molecule has 2 aromatic carbocycles. The van der Waals surface area contributed by atoms with E-state index in [0.717, 1.165) is 22.5 Å². The first-order valence-corrected chi connectivity index (χ1v) is 10.6. The van der Waals surface area contributed by atoms with Gasteiger partial charge in [-0.2, -0.15) is 13.2 Å². The Morgan fingerprint density at radius 3 is 2.29 bits per heavy atom. The number of esters is 1. The van der Waals surface area contributed by atoms with Crippen molar-refractivity contribution >= 4 is 50.8 Å². The van der Waals surface area contributed by atoms with Gasteiger partial charge in [0.1, 0.15) is 11.4 Å². The molecule has 1 amide bonds. The fourth-order valence-electron chi connectivity index (χ4n) is 2.23. The molecule has 1 N–H and O–H groups in total. The van der Waals surface area contributed by atoms with Gasteiger partial charge in [0.05, 0.1) is 16.3 Å². The number of nitrogens with one attached hydrogen (secondary N) is 1. The summed E-state index contributed by atoms with van der Waals surface area (Å²) in [6.45, 7) is -2.56. The SMILES string of the molecule is CN(c1ccc(Cl)cc1)S(=O)(=O)c1cc(C(=O)OCC(=O)NCC(F)(F)F)ccc1Cl. The van der Waals surface area contributed by atoms with E-state index in [1.807, 2.05) is 0 Å². The molecule has 0 heterocycles.